The zero-order chi connectivity index (χ0) is 22.1. The lowest BCUT2D eigenvalue weighted by Crippen LogP contribution is -2.45. The van der Waals surface area contributed by atoms with Crippen LogP contribution in [-0.4, -0.2) is 66.9 Å². The first-order valence-corrected chi connectivity index (χ1v) is 11.3. The number of guanidine groups is 1. The van der Waals surface area contributed by atoms with Gasteiger partial charge in [0.1, 0.15) is 5.82 Å². The first kappa shape index (κ1) is 27.9. The molecule has 1 aromatic carbocycles. The summed E-state index contributed by atoms with van der Waals surface area (Å²) in [6.45, 7) is 15.2. The molecule has 1 heterocycles. The Morgan fingerprint density at radius 3 is 2.39 bits per heavy atom. The van der Waals surface area contributed by atoms with Gasteiger partial charge in [0.2, 0.25) is 0 Å². The molecular weight excluding hydrogens is 508 g/mol. The summed E-state index contributed by atoms with van der Waals surface area (Å²) in [4.78, 5) is 9.07. The number of aliphatic imine (C=N–C) groups is 1. The van der Waals surface area contributed by atoms with E-state index in [1.165, 1.54) is 0 Å². The largest absolute Gasteiger partial charge is 0.393 e. The third-order valence-corrected chi connectivity index (χ3v) is 5.57. The molecule has 0 spiro atoms. The van der Waals surface area contributed by atoms with Crippen molar-refractivity contribution in [2.24, 2.45) is 4.99 Å². The Bertz CT molecular complexity index is 670. The molecule has 31 heavy (non-hydrogen) atoms. The van der Waals surface area contributed by atoms with Crippen molar-refractivity contribution in [3.05, 3.63) is 29.6 Å². The van der Waals surface area contributed by atoms with E-state index in [2.05, 4.69) is 48.2 Å². The van der Waals surface area contributed by atoms with E-state index in [4.69, 9.17) is 0 Å². The lowest BCUT2D eigenvalue weighted by atomic mass is 10.1. The first-order valence-electron chi connectivity index (χ1n) is 11.3. The quantitative estimate of drug-likeness (QED) is 0.250. The molecule has 178 valence electrons. The molecule has 1 saturated heterocycles. The van der Waals surface area contributed by atoms with Crippen LogP contribution in [0.5, 0.6) is 0 Å². The lowest BCUT2D eigenvalue weighted by molar-refractivity contribution is 0.145. The SMILES string of the molecule is CCNC(=NCc1ccc(N2CCC(O)CC2)c(F)c1)NCCN(C(C)C)C(C)C.I. The molecule has 8 heteroatoms. The highest BCUT2D eigenvalue weighted by Gasteiger charge is 2.19. The predicted octanol–water partition coefficient (Wildman–Crippen LogP) is 3.58. The van der Waals surface area contributed by atoms with Crippen molar-refractivity contribution in [1.29, 1.82) is 0 Å². The second-order valence-electron chi connectivity index (χ2n) is 8.55. The summed E-state index contributed by atoms with van der Waals surface area (Å²) in [6, 6.07) is 6.34. The van der Waals surface area contributed by atoms with Crippen LogP contribution in [0.4, 0.5) is 10.1 Å². The van der Waals surface area contributed by atoms with Gasteiger partial charge in [-0.2, -0.15) is 0 Å². The second kappa shape index (κ2) is 14.1. The van der Waals surface area contributed by atoms with Gasteiger partial charge in [0, 0.05) is 44.8 Å². The Morgan fingerprint density at radius 2 is 1.84 bits per heavy atom. The fourth-order valence-corrected chi connectivity index (χ4v) is 3.94. The van der Waals surface area contributed by atoms with Crippen molar-refractivity contribution in [1.82, 2.24) is 15.5 Å². The summed E-state index contributed by atoms with van der Waals surface area (Å²) < 4.78 is 14.7. The van der Waals surface area contributed by atoms with Gasteiger partial charge in [-0.3, -0.25) is 4.90 Å². The average molecular weight is 550 g/mol. The van der Waals surface area contributed by atoms with Gasteiger partial charge in [0.15, 0.2) is 5.96 Å². The zero-order valence-corrected chi connectivity index (χ0v) is 22.0. The smallest absolute Gasteiger partial charge is 0.191 e. The summed E-state index contributed by atoms with van der Waals surface area (Å²) in [7, 11) is 0. The molecule has 0 unspecified atom stereocenters. The normalized spacial score (nSPS) is 15.5. The first-order chi connectivity index (χ1) is 14.3. The highest BCUT2D eigenvalue weighted by molar-refractivity contribution is 14.0. The molecule has 6 nitrogen and oxygen atoms in total. The highest BCUT2D eigenvalue weighted by atomic mass is 127. The van der Waals surface area contributed by atoms with Gasteiger partial charge >= 0.3 is 0 Å². The minimum atomic E-state index is -0.261. The van der Waals surface area contributed by atoms with Crippen molar-refractivity contribution >= 4 is 35.6 Å². The van der Waals surface area contributed by atoms with Gasteiger partial charge < -0.3 is 20.6 Å². The van der Waals surface area contributed by atoms with Crippen LogP contribution in [0.2, 0.25) is 0 Å². The Labute approximate surface area is 204 Å². The molecule has 1 aliphatic rings. The fraction of sp³-hybridized carbons (Fsp3) is 0.696. The molecule has 1 aromatic rings. The number of halogens is 2. The maximum Gasteiger partial charge on any atom is 0.191 e. The predicted molar refractivity (Wildman–Crippen MR) is 139 cm³/mol. The molecule has 0 saturated carbocycles. The standard InChI is InChI=1S/C23H40FN5O.HI/c1-6-25-23(26-11-14-29(17(2)3)18(4)5)27-16-19-7-8-22(21(24)15-19)28-12-9-20(30)10-13-28;/h7-8,15,17-18,20,30H,6,9-14,16H2,1-5H3,(H2,25,26,27);1H. The van der Waals surface area contributed by atoms with Gasteiger partial charge in [-0.25, -0.2) is 9.38 Å². The molecule has 1 aliphatic heterocycles. The van der Waals surface area contributed by atoms with Gasteiger partial charge in [-0.1, -0.05) is 6.07 Å². The Balaban J connectivity index is 0.00000480. The molecule has 0 aromatic heterocycles. The van der Waals surface area contributed by atoms with E-state index in [1.807, 2.05) is 24.0 Å². The van der Waals surface area contributed by atoms with Gasteiger partial charge in [-0.05, 0) is 65.2 Å². The molecule has 0 bridgehead atoms. The van der Waals surface area contributed by atoms with E-state index in [0.29, 0.717) is 50.2 Å². The zero-order valence-electron chi connectivity index (χ0n) is 19.7. The van der Waals surface area contributed by atoms with E-state index < -0.39 is 0 Å². The van der Waals surface area contributed by atoms with E-state index >= 15 is 0 Å². The van der Waals surface area contributed by atoms with Crippen LogP contribution in [-0.2, 0) is 6.54 Å². The van der Waals surface area contributed by atoms with Gasteiger partial charge in [0.25, 0.3) is 0 Å². The Morgan fingerprint density at radius 1 is 1.19 bits per heavy atom. The number of hydrogen-bond acceptors (Lipinski definition) is 4. The minimum Gasteiger partial charge on any atom is -0.393 e. The molecule has 2 rings (SSSR count). The number of rotatable bonds is 9. The summed E-state index contributed by atoms with van der Waals surface area (Å²) in [5, 5.41) is 16.3. The van der Waals surface area contributed by atoms with E-state index in [9.17, 15) is 9.50 Å². The Hall–Kier alpha value is -1.13. The maximum absolute atomic E-state index is 14.7. The number of hydrogen-bond donors (Lipinski definition) is 3. The van der Waals surface area contributed by atoms with Crippen molar-refractivity contribution in [3.8, 4) is 0 Å². The number of benzene rings is 1. The van der Waals surface area contributed by atoms with Crippen LogP contribution in [0.25, 0.3) is 0 Å². The summed E-state index contributed by atoms with van der Waals surface area (Å²) >= 11 is 0. The van der Waals surface area contributed by atoms with Crippen molar-refractivity contribution in [2.75, 3.05) is 37.6 Å². The van der Waals surface area contributed by atoms with Crippen LogP contribution in [0.1, 0.15) is 53.0 Å². The van der Waals surface area contributed by atoms with E-state index in [0.717, 1.165) is 31.2 Å². The van der Waals surface area contributed by atoms with E-state index in [-0.39, 0.29) is 35.9 Å². The van der Waals surface area contributed by atoms with Gasteiger partial charge in [-0.15, -0.1) is 24.0 Å². The topological polar surface area (TPSA) is 63.1 Å². The average Bonchev–Trinajstić information content (AvgIpc) is 2.69. The lowest BCUT2D eigenvalue weighted by Gasteiger charge is -2.31. The number of nitrogens with one attached hydrogen (secondary N) is 2. The molecule has 0 atom stereocenters. The van der Waals surface area contributed by atoms with Crippen LogP contribution < -0.4 is 15.5 Å². The van der Waals surface area contributed by atoms with Crippen molar-refractivity contribution in [2.45, 2.75) is 72.2 Å². The van der Waals surface area contributed by atoms with Crippen LogP contribution in [0.15, 0.2) is 23.2 Å². The molecule has 1 fully saturated rings. The molecule has 0 radical (unpaired) electrons. The Kier molecular flexibility index (Phi) is 12.7. The second-order valence-corrected chi connectivity index (χ2v) is 8.55. The summed E-state index contributed by atoms with van der Waals surface area (Å²) in [5.41, 5.74) is 1.46. The monoisotopic (exact) mass is 549 g/mol. The number of piperidine rings is 1. The van der Waals surface area contributed by atoms with Gasteiger partial charge in [0.05, 0.1) is 18.3 Å². The van der Waals surface area contributed by atoms with E-state index in [1.54, 1.807) is 6.07 Å². The number of aliphatic hydroxyl groups is 1. The summed E-state index contributed by atoms with van der Waals surface area (Å²) in [5.74, 6) is 0.529. The minimum absolute atomic E-state index is 0. The number of anilines is 1. The van der Waals surface area contributed by atoms with Crippen molar-refractivity contribution < 1.29 is 9.50 Å². The molecule has 3 N–H and O–H groups in total. The van der Waals surface area contributed by atoms with Crippen LogP contribution in [0.3, 0.4) is 0 Å². The number of nitrogens with zero attached hydrogens (tertiary/aromatic N) is 3. The third-order valence-electron chi connectivity index (χ3n) is 5.57. The number of aliphatic hydroxyl groups excluding tert-OH is 1. The van der Waals surface area contributed by atoms with Crippen molar-refractivity contribution in [3.63, 3.8) is 0 Å². The van der Waals surface area contributed by atoms with Crippen LogP contribution >= 0.6 is 24.0 Å². The summed E-state index contributed by atoms with van der Waals surface area (Å²) in [6.07, 6.45) is 1.12. The third kappa shape index (κ3) is 9.10. The molecule has 0 amide bonds. The molecule has 0 aliphatic carbocycles. The fourth-order valence-electron chi connectivity index (χ4n) is 3.94. The molecular formula is C23H41FIN5O. The van der Waals surface area contributed by atoms with Crippen LogP contribution in [0, 0.1) is 5.82 Å². The maximum atomic E-state index is 14.7. The highest BCUT2D eigenvalue weighted by Crippen LogP contribution is 2.24.